The molecule has 1 heterocycles. The molecule has 0 bridgehead atoms. The summed E-state index contributed by atoms with van der Waals surface area (Å²) in [5.41, 5.74) is 1.80. The highest BCUT2D eigenvalue weighted by Crippen LogP contribution is 2.29. The molecule has 0 radical (unpaired) electrons. The number of amides is 1. The Kier molecular flexibility index (Phi) is 4.81. The molecule has 23 heavy (non-hydrogen) atoms. The van der Waals surface area contributed by atoms with Gasteiger partial charge in [0.1, 0.15) is 11.8 Å². The fraction of sp³-hybridized carbons (Fsp3) is 0.316. The lowest BCUT2D eigenvalue weighted by molar-refractivity contribution is -0.131. The minimum Gasteiger partial charge on any atom is -0.495 e. The van der Waals surface area contributed by atoms with Gasteiger partial charge in [-0.15, -0.1) is 0 Å². The zero-order valence-corrected chi connectivity index (χ0v) is 13.4. The molecule has 0 aliphatic carbocycles. The SMILES string of the molecule is COc1ccccc1NC(C(=O)N1CCCC1)c1ccccc1. The van der Waals surface area contributed by atoms with Crippen LogP contribution in [0, 0.1) is 0 Å². The minimum atomic E-state index is -0.398. The lowest BCUT2D eigenvalue weighted by Gasteiger charge is -2.26. The number of anilines is 1. The highest BCUT2D eigenvalue weighted by molar-refractivity contribution is 5.86. The molecule has 0 aromatic heterocycles. The second kappa shape index (κ2) is 7.18. The van der Waals surface area contributed by atoms with Crippen molar-refractivity contribution in [1.82, 2.24) is 4.90 Å². The Hall–Kier alpha value is -2.49. The Balaban J connectivity index is 1.90. The molecule has 4 heteroatoms. The van der Waals surface area contributed by atoms with E-state index in [1.807, 2.05) is 59.5 Å². The van der Waals surface area contributed by atoms with Gasteiger partial charge in [0.2, 0.25) is 5.91 Å². The zero-order valence-electron chi connectivity index (χ0n) is 13.4. The van der Waals surface area contributed by atoms with Crippen LogP contribution in [0.25, 0.3) is 0 Å². The fourth-order valence-corrected chi connectivity index (χ4v) is 2.97. The maximum absolute atomic E-state index is 13.0. The fourth-order valence-electron chi connectivity index (χ4n) is 2.97. The number of hydrogen-bond donors (Lipinski definition) is 1. The van der Waals surface area contributed by atoms with Crippen molar-refractivity contribution in [3.05, 3.63) is 60.2 Å². The van der Waals surface area contributed by atoms with Crippen molar-refractivity contribution in [1.29, 1.82) is 0 Å². The van der Waals surface area contributed by atoms with E-state index in [-0.39, 0.29) is 5.91 Å². The molecule has 1 amide bonds. The van der Waals surface area contributed by atoms with Gasteiger partial charge in [-0.25, -0.2) is 0 Å². The average Bonchev–Trinajstić information content (AvgIpc) is 3.15. The van der Waals surface area contributed by atoms with Crippen LogP contribution >= 0.6 is 0 Å². The number of rotatable bonds is 5. The summed E-state index contributed by atoms with van der Waals surface area (Å²) in [5.74, 6) is 0.863. The summed E-state index contributed by atoms with van der Waals surface area (Å²) >= 11 is 0. The number of para-hydroxylation sites is 2. The second-order valence-electron chi connectivity index (χ2n) is 5.72. The molecule has 3 rings (SSSR count). The Bertz CT molecular complexity index is 651. The van der Waals surface area contributed by atoms with Gasteiger partial charge in [-0.1, -0.05) is 42.5 Å². The number of carbonyl (C=O) groups excluding carboxylic acids is 1. The molecule has 1 aliphatic heterocycles. The van der Waals surface area contributed by atoms with Crippen LogP contribution in [0.15, 0.2) is 54.6 Å². The summed E-state index contributed by atoms with van der Waals surface area (Å²) in [7, 11) is 1.64. The standard InChI is InChI=1S/C19H22N2O2/c1-23-17-12-6-5-11-16(17)20-18(15-9-3-2-4-10-15)19(22)21-13-7-8-14-21/h2-6,9-12,18,20H,7-8,13-14H2,1H3. The third-order valence-corrected chi connectivity index (χ3v) is 4.20. The summed E-state index contributed by atoms with van der Waals surface area (Å²) in [6.07, 6.45) is 2.17. The molecule has 1 N–H and O–H groups in total. The van der Waals surface area contributed by atoms with Crippen molar-refractivity contribution in [3.8, 4) is 5.75 Å². The summed E-state index contributed by atoms with van der Waals surface area (Å²) < 4.78 is 5.40. The van der Waals surface area contributed by atoms with Gasteiger partial charge in [0, 0.05) is 13.1 Å². The molecule has 1 aliphatic rings. The Labute approximate surface area is 137 Å². The van der Waals surface area contributed by atoms with Crippen LogP contribution in [0.5, 0.6) is 5.75 Å². The molecule has 1 atom stereocenters. The van der Waals surface area contributed by atoms with Crippen molar-refractivity contribution < 1.29 is 9.53 Å². The quantitative estimate of drug-likeness (QED) is 0.919. The normalized spacial score (nSPS) is 15.3. The Morgan fingerprint density at radius 1 is 1.04 bits per heavy atom. The maximum Gasteiger partial charge on any atom is 0.249 e. The van der Waals surface area contributed by atoms with Gasteiger partial charge in [0.15, 0.2) is 0 Å². The summed E-state index contributed by atoms with van der Waals surface area (Å²) in [6.45, 7) is 1.69. The smallest absolute Gasteiger partial charge is 0.249 e. The Morgan fingerprint density at radius 2 is 1.70 bits per heavy atom. The molecule has 120 valence electrons. The van der Waals surface area contributed by atoms with E-state index in [0.717, 1.165) is 42.9 Å². The minimum absolute atomic E-state index is 0.125. The molecule has 2 aromatic carbocycles. The molecule has 1 unspecified atom stereocenters. The van der Waals surface area contributed by atoms with Gasteiger partial charge in [-0.3, -0.25) is 4.79 Å². The number of carbonyl (C=O) groups is 1. The molecular formula is C19H22N2O2. The first kappa shape index (κ1) is 15.4. The van der Waals surface area contributed by atoms with E-state index in [9.17, 15) is 4.79 Å². The van der Waals surface area contributed by atoms with Crippen molar-refractivity contribution in [3.63, 3.8) is 0 Å². The van der Waals surface area contributed by atoms with Crippen molar-refractivity contribution in [2.45, 2.75) is 18.9 Å². The third kappa shape index (κ3) is 3.47. The average molecular weight is 310 g/mol. The molecule has 4 nitrogen and oxygen atoms in total. The summed E-state index contributed by atoms with van der Waals surface area (Å²) in [4.78, 5) is 14.9. The summed E-state index contributed by atoms with van der Waals surface area (Å²) in [5, 5.41) is 3.38. The Morgan fingerprint density at radius 3 is 2.39 bits per heavy atom. The lowest BCUT2D eigenvalue weighted by Crippen LogP contribution is -2.36. The number of benzene rings is 2. The molecule has 0 saturated carbocycles. The van der Waals surface area contributed by atoms with Crippen LogP contribution in [0.2, 0.25) is 0 Å². The largest absolute Gasteiger partial charge is 0.495 e. The molecule has 1 fully saturated rings. The monoisotopic (exact) mass is 310 g/mol. The first-order chi connectivity index (χ1) is 11.3. The second-order valence-corrected chi connectivity index (χ2v) is 5.72. The highest BCUT2D eigenvalue weighted by Gasteiger charge is 2.28. The van der Waals surface area contributed by atoms with Crippen LogP contribution in [-0.2, 0) is 4.79 Å². The summed E-state index contributed by atoms with van der Waals surface area (Å²) in [6, 6.07) is 17.2. The van der Waals surface area contributed by atoms with E-state index in [0.29, 0.717) is 0 Å². The van der Waals surface area contributed by atoms with Gasteiger partial charge in [0.05, 0.1) is 12.8 Å². The van der Waals surface area contributed by atoms with Crippen LogP contribution in [0.4, 0.5) is 5.69 Å². The maximum atomic E-state index is 13.0. The number of likely N-dealkylation sites (tertiary alicyclic amines) is 1. The number of ether oxygens (including phenoxy) is 1. The van der Waals surface area contributed by atoms with Crippen LogP contribution in [0.1, 0.15) is 24.4 Å². The van der Waals surface area contributed by atoms with Crippen LogP contribution < -0.4 is 10.1 Å². The van der Waals surface area contributed by atoms with Gasteiger partial charge >= 0.3 is 0 Å². The van der Waals surface area contributed by atoms with Crippen LogP contribution in [0.3, 0.4) is 0 Å². The molecule has 1 saturated heterocycles. The van der Waals surface area contributed by atoms with Crippen LogP contribution in [-0.4, -0.2) is 31.0 Å². The molecular weight excluding hydrogens is 288 g/mol. The predicted molar refractivity (Wildman–Crippen MR) is 91.6 cm³/mol. The first-order valence-corrected chi connectivity index (χ1v) is 8.03. The number of nitrogens with zero attached hydrogens (tertiary/aromatic N) is 1. The van der Waals surface area contributed by atoms with Crippen molar-refractivity contribution in [2.75, 3.05) is 25.5 Å². The van der Waals surface area contributed by atoms with E-state index < -0.39 is 6.04 Å². The van der Waals surface area contributed by atoms with Gasteiger partial charge in [-0.2, -0.15) is 0 Å². The van der Waals surface area contributed by atoms with E-state index in [4.69, 9.17) is 4.74 Å². The van der Waals surface area contributed by atoms with Crippen molar-refractivity contribution in [2.24, 2.45) is 0 Å². The highest BCUT2D eigenvalue weighted by atomic mass is 16.5. The van der Waals surface area contributed by atoms with Gasteiger partial charge in [-0.05, 0) is 30.5 Å². The number of hydrogen-bond acceptors (Lipinski definition) is 3. The van der Waals surface area contributed by atoms with Gasteiger partial charge < -0.3 is 15.0 Å². The third-order valence-electron chi connectivity index (χ3n) is 4.20. The van der Waals surface area contributed by atoms with E-state index in [2.05, 4.69) is 5.32 Å². The molecule has 2 aromatic rings. The number of nitrogens with one attached hydrogen (secondary N) is 1. The zero-order chi connectivity index (χ0) is 16.1. The first-order valence-electron chi connectivity index (χ1n) is 8.03. The van der Waals surface area contributed by atoms with E-state index >= 15 is 0 Å². The molecule has 0 spiro atoms. The lowest BCUT2D eigenvalue weighted by atomic mass is 10.0. The predicted octanol–water partition coefficient (Wildman–Crippen LogP) is 3.47. The van der Waals surface area contributed by atoms with Gasteiger partial charge in [0.25, 0.3) is 0 Å². The number of methoxy groups -OCH3 is 1. The topological polar surface area (TPSA) is 41.6 Å². The van der Waals surface area contributed by atoms with E-state index in [1.165, 1.54) is 0 Å². The van der Waals surface area contributed by atoms with Crippen molar-refractivity contribution >= 4 is 11.6 Å². The van der Waals surface area contributed by atoms with E-state index in [1.54, 1.807) is 7.11 Å².